The first-order chi connectivity index (χ1) is 17.5. The predicted octanol–water partition coefficient (Wildman–Crippen LogP) is 1.09. The number of carbonyl (C=O) groups is 1. The fraction of sp³-hybridized carbons (Fsp3) is 0.455. The molecule has 0 aromatic carbocycles. The Hall–Kier alpha value is -4.20. The molecule has 0 radical (unpaired) electrons. The van der Waals surface area contributed by atoms with E-state index < -0.39 is 5.97 Å². The number of furan rings is 1. The molecule has 3 N–H and O–H groups in total. The lowest BCUT2D eigenvalue weighted by Gasteiger charge is -2.39. The average Bonchev–Trinajstić information content (AvgIpc) is 3.65. The number of piperazine rings is 1. The van der Waals surface area contributed by atoms with Crippen molar-refractivity contribution in [2.45, 2.75) is 12.8 Å². The molecule has 0 saturated carbocycles. The fourth-order valence-corrected chi connectivity index (χ4v) is 4.84. The van der Waals surface area contributed by atoms with E-state index in [1.54, 1.807) is 18.4 Å². The molecule has 0 bridgehead atoms. The van der Waals surface area contributed by atoms with Crippen molar-refractivity contribution < 1.29 is 18.7 Å². The van der Waals surface area contributed by atoms with E-state index >= 15 is 0 Å². The number of hydrogen-bond acceptors (Lipinski definition) is 12. The Morgan fingerprint density at radius 1 is 1.14 bits per heavy atom. The van der Waals surface area contributed by atoms with Crippen LogP contribution in [-0.4, -0.2) is 91.3 Å². The first-order valence-electron chi connectivity index (χ1n) is 11.9. The molecule has 36 heavy (non-hydrogen) atoms. The lowest BCUT2D eigenvalue weighted by molar-refractivity contribution is 0.0663. The normalized spacial score (nSPS) is 19.3. The maximum Gasteiger partial charge on any atom is 0.373 e. The highest BCUT2D eigenvalue weighted by Crippen LogP contribution is 2.24. The quantitative estimate of drug-likeness (QED) is 0.391. The van der Waals surface area contributed by atoms with Gasteiger partial charge in [0.25, 0.3) is 11.8 Å². The Morgan fingerprint density at radius 3 is 2.75 bits per heavy atom. The zero-order valence-corrected chi connectivity index (χ0v) is 19.5. The molecule has 4 aromatic heterocycles. The van der Waals surface area contributed by atoms with Gasteiger partial charge in [0.2, 0.25) is 23.5 Å². The first-order valence-corrected chi connectivity index (χ1v) is 11.9. The summed E-state index contributed by atoms with van der Waals surface area (Å²) in [5.74, 6) is 1.35. The van der Waals surface area contributed by atoms with Gasteiger partial charge in [-0.15, -0.1) is 5.10 Å². The molecule has 6 rings (SSSR count). The standard InChI is InChI=1S/C22H26N10O4/c23-19-26-20(27-21-25-17(28-32(19)21)15-4-2-10-35-15)31-5-1-3-14(13-31)12-29-6-8-30(9-7-29)22-24-11-16(36-22)18(33)34/h2,4,10-11,14H,1,3,5-9,12-13H2,(H,33,34)(H2,23,25,26,27,28)/t14-/m0/s1. The third kappa shape index (κ3) is 4.30. The molecule has 14 nitrogen and oxygen atoms in total. The number of nitrogens with two attached hydrogens (primary N) is 1. The van der Waals surface area contributed by atoms with E-state index in [1.807, 2.05) is 4.90 Å². The fourth-order valence-electron chi connectivity index (χ4n) is 4.84. The van der Waals surface area contributed by atoms with Gasteiger partial charge in [0.05, 0.1) is 12.5 Å². The van der Waals surface area contributed by atoms with Crippen LogP contribution in [-0.2, 0) is 0 Å². The molecule has 0 unspecified atom stereocenters. The van der Waals surface area contributed by atoms with Crippen molar-refractivity contribution in [3.63, 3.8) is 0 Å². The number of anilines is 3. The molecule has 2 aliphatic heterocycles. The Labute approximate surface area is 205 Å². The zero-order chi connectivity index (χ0) is 24.6. The molecule has 2 aliphatic rings. The number of fused-ring (bicyclic) bond motifs is 1. The van der Waals surface area contributed by atoms with Gasteiger partial charge in [0.1, 0.15) is 0 Å². The van der Waals surface area contributed by atoms with E-state index in [1.165, 1.54) is 10.7 Å². The SMILES string of the molecule is Nc1nc(N2CCC[C@@H](CN3CCN(c4ncc(C(=O)O)o4)CC3)C2)nc2nc(-c3ccco3)nn12. The van der Waals surface area contributed by atoms with Gasteiger partial charge in [0.15, 0.2) is 5.76 Å². The third-order valence-corrected chi connectivity index (χ3v) is 6.63. The largest absolute Gasteiger partial charge is 0.475 e. The number of hydrogen-bond donors (Lipinski definition) is 2. The molecule has 188 valence electrons. The van der Waals surface area contributed by atoms with Gasteiger partial charge in [0, 0.05) is 45.8 Å². The molecular formula is C22H26N10O4. The van der Waals surface area contributed by atoms with Gasteiger partial charge in [-0.3, -0.25) is 4.90 Å². The molecule has 0 amide bonds. The summed E-state index contributed by atoms with van der Waals surface area (Å²) in [6.45, 7) is 5.82. The van der Waals surface area contributed by atoms with E-state index in [2.05, 4.69) is 34.8 Å². The summed E-state index contributed by atoms with van der Waals surface area (Å²) in [6, 6.07) is 3.93. The van der Waals surface area contributed by atoms with Crippen LogP contribution >= 0.6 is 0 Å². The lowest BCUT2D eigenvalue weighted by atomic mass is 9.97. The number of carboxylic acid groups (broad SMARTS) is 1. The van der Waals surface area contributed by atoms with Crippen LogP contribution in [0, 0.1) is 5.92 Å². The van der Waals surface area contributed by atoms with Gasteiger partial charge in [-0.05, 0) is 30.9 Å². The van der Waals surface area contributed by atoms with Crippen LogP contribution < -0.4 is 15.5 Å². The molecule has 6 heterocycles. The predicted molar refractivity (Wildman–Crippen MR) is 128 cm³/mol. The average molecular weight is 495 g/mol. The maximum atomic E-state index is 11.0. The minimum atomic E-state index is -1.11. The molecule has 1 atom stereocenters. The van der Waals surface area contributed by atoms with Gasteiger partial charge >= 0.3 is 5.97 Å². The van der Waals surface area contributed by atoms with Crippen molar-refractivity contribution >= 4 is 29.7 Å². The molecular weight excluding hydrogens is 468 g/mol. The molecule has 14 heteroatoms. The summed E-state index contributed by atoms with van der Waals surface area (Å²) in [6.07, 6.45) is 4.99. The molecule has 2 fully saturated rings. The first kappa shape index (κ1) is 22.3. The summed E-state index contributed by atoms with van der Waals surface area (Å²) in [7, 11) is 0. The summed E-state index contributed by atoms with van der Waals surface area (Å²) in [5, 5.41) is 13.4. The minimum Gasteiger partial charge on any atom is -0.475 e. The second-order valence-electron chi connectivity index (χ2n) is 9.06. The molecule has 0 aliphatic carbocycles. The molecule has 4 aromatic rings. The monoisotopic (exact) mass is 494 g/mol. The third-order valence-electron chi connectivity index (χ3n) is 6.63. The van der Waals surface area contributed by atoms with Crippen LogP contribution in [0.2, 0.25) is 0 Å². The highest BCUT2D eigenvalue weighted by Gasteiger charge is 2.28. The van der Waals surface area contributed by atoms with Crippen molar-refractivity contribution in [1.82, 2.24) is 34.4 Å². The number of nitrogen functional groups attached to an aromatic ring is 1. The smallest absolute Gasteiger partial charge is 0.373 e. The van der Waals surface area contributed by atoms with Gasteiger partial charge in [-0.25, -0.2) is 9.78 Å². The number of nitrogens with zero attached hydrogens (tertiary/aromatic N) is 9. The number of carboxylic acids is 1. The maximum absolute atomic E-state index is 11.0. The number of aromatic carboxylic acids is 1. The van der Waals surface area contributed by atoms with Gasteiger partial charge in [-0.2, -0.15) is 19.5 Å². The van der Waals surface area contributed by atoms with Crippen LogP contribution in [0.15, 0.2) is 33.4 Å². The molecule has 0 spiro atoms. The van der Waals surface area contributed by atoms with Crippen molar-refractivity contribution in [3.05, 3.63) is 30.4 Å². The summed E-state index contributed by atoms with van der Waals surface area (Å²) in [4.78, 5) is 35.3. The lowest BCUT2D eigenvalue weighted by Crippen LogP contribution is -2.50. The Kier molecular flexibility index (Phi) is 5.64. The van der Waals surface area contributed by atoms with Crippen LogP contribution in [0.25, 0.3) is 17.4 Å². The Morgan fingerprint density at radius 2 is 2.00 bits per heavy atom. The van der Waals surface area contributed by atoms with E-state index in [0.717, 1.165) is 58.7 Å². The Bertz CT molecular complexity index is 1360. The molecule has 2 saturated heterocycles. The minimum absolute atomic E-state index is 0.140. The number of aromatic nitrogens is 6. The zero-order valence-electron chi connectivity index (χ0n) is 19.5. The number of oxazole rings is 1. The van der Waals surface area contributed by atoms with E-state index in [9.17, 15) is 4.79 Å². The second-order valence-corrected chi connectivity index (χ2v) is 9.06. The van der Waals surface area contributed by atoms with Crippen LogP contribution in [0.1, 0.15) is 23.4 Å². The van der Waals surface area contributed by atoms with Crippen molar-refractivity contribution in [2.75, 3.05) is 61.3 Å². The Balaban J connectivity index is 1.09. The highest BCUT2D eigenvalue weighted by atomic mass is 16.4. The van der Waals surface area contributed by atoms with Gasteiger partial charge in [-0.1, -0.05) is 0 Å². The van der Waals surface area contributed by atoms with Crippen molar-refractivity contribution in [3.8, 4) is 11.6 Å². The van der Waals surface area contributed by atoms with Crippen LogP contribution in [0.3, 0.4) is 0 Å². The van der Waals surface area contributed by atoms with Gasteiger partial charge < -0.3 is 29.5 Å². The summed E-state index contributed by atoms with van der Waals surface area (Å²) in [5.41, 5.74) is 6.19. The van der Waals surface area contributed by atoms with E-state index in [-0.39, 0.29) is 11.7 Å². The number of rotatable bonds is 6. The van der Waals surface area contributed by atoms with Crippen LogP contribution in [0.5, 0.6) is 0 Å². The second kappa shape index (κ2) is 9.11. The van der Waals surface area contributed by atoms with E-state index in [0.29, 0.717) is 35.2 Å². The highest BCUT2D eigenvalue weighted by molar-refractivity contribution is 5.84. The topological polar surface area (TPSA) is 168 Å². The van der Waals surface area contributed by atoms with Crippen molar-refractivity contribution in [2.24, 2.45) is 5.92 Å². The van der Waals surface area contributed by atoms with Crippen LogP contribution in [0.4, 0.5) is 17.9 Å². The number of piperidine rings is 1. The van der Waals surface area contributed by atoms with Crippen molar-refractivity contribution in [1.29, 1.82) is 0 Å². The van der Waals surface area contributed by atoms with E-state index in [4.69, 9.17) is 19.7 Å². The summed E-state index contributed by atoms with van der Waals surface area (Å²) >= 11 is 0. The summed E-state index contributed by atoms with van der Waals surface area (Å²) < 4.78 is 12.2.